The van der Waals surface area contributed by atoms with E-state index in [9.17, 15) is 0 Å². The van der Waals surface area contributed by atoms with Gasteiger partial charge in [0.2, 0.25) is 0 Å². The highest BCUT2D eigenvalue weighted by molar-refractivity contribution is 6.30. The molecule has 1 aromatic rings. The Balaban J connectivity index is 1.55. The standard InChI is InChI=1S/C13H18ClN3/c14-11-1-3-12(4-2-11)17-9-13(10-17)16-7-5-15-6-8-16/h1-4,13,15H,5-10H2. The minimum Gasteiger partial charge on any atom is -0.368 e. The molecule has 0 bridgehead atoms. The fourth-order valence-electron chi connectivity index (χ4n) is 2.60. The van der Waals surface area contributed by atoms with Gasteiger partial charge < -0.3 is 10.2 Å². The van der Waals surface area contributed by atoms with Gasteiger partial charge >= 0.3 is 0 Å². The molecule has 3 nitrogen and oxygen atoms in total. The van der Waals surface area contributed by atoms with Gasteiger partial charge in [-0.15, -0.1) is 0 Å². The summed E-state index contributed by atoms with van der Waals surface area (Å²) < 4.78 is 0. The van der Waals surface area contributed by atoms with Gasteiger partial charge in [0.25, 0.3) is 0 Å². The van der Waals surface area contributed by atoms with E-state index >= 15 is 0 Å². The Hall–Kier alpha value is -0.770. The molecule has 4 heteroatoms. The zero-order chi connectivity index (χ0) is 11.7. The first kappa shape index (κ1) is 11.3. The Bertz CT molecular complexity index is 367. The first-order chi connectivity index (χ1) is 8.33. The summed E-state index contributed by atoms with van der Waals surface area (Å²) in [5.41, 5.74) is 1.29. The molecule has 17 heavy (non-hydrogen) atoms. The number of benzene rings is 1. The van der Waals surface area contributed by atoms with E-state index < -0.39 is 0 Å². The van der Waals surface area contributed by atoms with Gasteiger partial charge in [-0.3, -0.25) is 4.90 Å². The monoisotopic (exact) mass is 251 g/mol. The maximum absolute atomic E-state index is 5.89. The Kier molecular flexibility index (Phi) is 3.23. The Morgan fingerprint density at radius 1 is 1.06 bits per heavy atom. The molecule has 1 N–H and O–H groups in total. The molecule has 0 atom stereocenters. The average Bonchev–Trinajstić information content (AvgIpc) is 2.31. The second kappa shape index (κ2) is 4.84. The summed E-state index contributed by atoms with van der Waals surface area (Å²) >= 11 is 5.89. The fourth-order valence-corrected chi connectivity index (χ4v) is 2.72. The fraction of sp³-hybridized carbons (Fsp3) is 0.538. The molecule has 0 amide bonds. The molecule has 0 aromatic heterocycles. The normalized spacial score (nSPS) is 22.5. The maximum Gasteiger partial charge on any atom is 0.0447 e. The predicted molar refractivity (Wildman–Crippen MR) is 71.9 cm³/mol. The SMILES string of the molecule is Clc1ccc(N2CC(N3CCNCC3)C2)cc1. The van der Waals surface area contributed by atoms with Crippen molar-refractivity contribution in [2.75, 3.05) is 44.2 Å². The van der Waals surface area contributed by atoms with E-state index in [0.29, 0.717) is 0 Å². The van der Waals surface area contributed by atoms with Crippen molar-refractivity contribution >= 4 is 17.3 Å². The molecular weight excluding hydrogens is 234 g/mol. The number of halogens is 1. The molecule has 0 saturated carbocycles. The highest BCUT2D eigenvalue weighted by atomic mass is 35.5. The van der Waals surface area contributed by atoms with E-state index in [-0.39, 0.29) is 0 Å². The summed E-state index contributed by atoms with van der Waals surface area (Å²) in [6.45, 7) is 6.97. The van der Waals surface area contributed by atoms with E-state index in [1.807, 2.05) is 12.1 Å². The molecular formula is C13H18ClN3. The molecule has 2 aliphatic heterocycles. The molecule has 1 aromatic carbocycles. The van der Waals surface area contributed by atoms with Crippen molar-refractivity contribution < 1.29 is 0 Å². The summed E-state index contributed by atoms with van der Waals surface area (Å²) in [4.78, 5) is 5.02. The number of piperazine rings is 1. The average molecular weight is 252 g/mol. The van der Waals surface area contributed by atoms with E-state index in [2.05, 4.69) is 27.2 Å². The van der Waals surface area contributed by atoms with Crippen molar-refractivity contribution in [1.29, 1.82) is 0 Å². The van der Waals surface area contributed by atoms with Crippen LogP contribution in [-0.2, 0) is 0 Å². The van der Waals surface area contributed by atoms with Crippen LogP contribution in [0.25, 0.3) is 0 Å². The highest BCUT2D eigenvalue weighted by Gasteiger charge is 2.32. The van der Waals surface area contributed by atoms with Crippen LogP contribution >= 0.6 is 11.6 Å². The molecule has 92 valence electrons. The van der Waals surface area contributed by atoms with Gasteiger partial charge in [0.1, 0.15) is 0 Å². The van der Waals surface area contributed by atoms with E-state index in [4.69, 9.17) is 11.6 Å². The quantitative estimate of drug-likeness (QED) is 0.858. The largest absolute Gasteiger partial charge is 0.368 e. The molecule has 3 rings (SSSR count). The van der Waals surface area contributed by atoms with Crippen molar-refractivity contribution in [2.24, 2.45) is 0 Å². The lowest BCUT2D eigenvalue weighted by Crippen LogP contribution is -2.62. The third-order valence-electron chi connectivity index (χ3n) is 3.72. The summed E-state index contributed by atoms with van der Waals surface area (Å²) in [6, 6.07) is 8.89. The topological polar surface area (TPSA) is 18.5 Å². The van der Waals surface area contributed by atoms with Gasteiger partial charge in [0, 0.05) is 56.0 Å². The van der Waals surface area contributed by atoms with Crippen LogP contribution in [0.2, 0.25) is 5.02 Å². The molecule has 2 saturated heterocycles. The van der Waals surface area contributed by atoms with Crippen LogP contribution in [-0.4, -0.2) is 50.2 Å². The van der Waals surface area contributed by atoms with Crippen molar-refractivity contribution in [1.82, 2.24) is 10.2 Å². The van der Waals surface area contributed by atoms with Gasteiger partial charge in [-0.1, -0.05) is 11.6 Å². The van der Waals surface area contributed by atoms with Crippen LogP contribution in [0.3, 0.4) is 0 Å². The number of nitrogens with one attached hydrogen (secondary N) is 1. The molecule has 0 aliphatic carbocycles. The zero-order valence-corrected chi connectivity index (χ0v) is 10.7. The third kappa shape index (κ3) is 2.41. The van der Waals surface area contributed by atoms with Crippen molar-refractivity contribution in [3.8, 4) is 0 Å². The third-order valence-corrected chi connectivity index (χ3v) is 3.97. The Morgan fingerprint density at radius 2 is 1.71 bits per heavy atom. The molecule has 0 unspecified atom stereocenters. The highest BCUT2D eigenvalue weighted by Crippen LogP contribution is 2.25. The van der Waals surface area contributed by atoms with Gasteiger partial charge in [0.05, 0.1) is 0 Å². The lowest BCUT2D eigenvalue weighted by atomic mass is 10.0. The summed E-state index contributed by atoms with van der Waals surface area (Å²) in [7, 11) is 0. The van der Waals surface area contributed by atoms with Crippen LogP contribution in [0.15, 0.2) is 24.3 Å². The van der Waals surface area contributed by atoms with Gasteiger partial charge in [-0.25, -0.2) is 0 Å². The van der Waals surface area contributed by atoms with E-state index in [1.54, 1.807) is 0 Å². The second-order valence-corrected chi connectivity index (χ2v) is 5.26. The zero-order valence-electron chi connectivity index (χ0n) is 9.90. The lowest BCUT2D eigenvalue weighted by Gasteiger charge is -2.48. The van der Waals surface area contributed by atoms with Crippen LogP contribution in [0.1, 0.15) is 0 Å². The minimum absolute atomic E-state index is 0.743. The number of nitrogens with zero attached hydrogens (tertiary/aromatic N) is 2. The molecule has 0 spiro atoms. The van der Waals surface area contributed by atoms with Crippen molar-refractivity contribution in [3.63, 3.8) is 0 Å². The van der Waals surface area contributed by atoms with Crippen LogP contribution in [0.4, 0.5) is 5.69 Å². The van der Waals surface area contributed by atoms with E-state index in [1.165, 1.54) is 18.8 Å². The molecule has 2 heterocycles. The van der Waals surface area contributed by atoms with Crippen LogP contribution in [0.5, 0.6) is 0 Å². The smallest absolute Gasteiger partial charge is 0.0447 e. The first-order valence-corrected chi connectivity index (χ1v) is 6.66. The van der Waals surface area contributed by atoms with Gasteiger partial charge in [-0.2, -0.15) is 0 Å². The molecule has 0 radical (unpaired) electrons. The lowest BCUT2D eigenvalue weighted by molar-refractivity contribution is 0.147. The molecule has 2 aliphatic rings. The minimum atomic E-state index is 0.743. The van der Waals surface area contributed by atoms with Crippen molar-refractivity contribution in [3.05, 3.63) is 29.3 Å². The second-order valence-electron chi connectivity index (χ2n) is 4.82. The summed E-state index contributed by atoms with van der Waals surface area (Å²) in [6.07, 6.45) is 0. The van der Waals surface area contributed by atoms with Gasteiger partial charge in [0.15, 0.2) is 0 Å². The predicted octanol–water partition coefficient (Wildman–Crippen LogP) is 1.43. The summed E-state index contributed by atoms with van der Waals surface area (Å²) in [5, 5.41) is 4.21. The summed E-state index contributed by atoms with van der Waals surface area (Å²) in [5.74, 6) is 0. The Morgan fingerprint density at radius 3 is 2.35 bits per heavy atom. The number of hydrogen-bond donors (Lipinski definition) is 1. The number of rotatable bonds is 2. The van der Waals surface area contributed by atoms with Crippen LogP contribution in [0, 0.1) is 0 Å². The maximum atomic E-state index is 5.89. The Labute approximate surface area is 107 Å². The number of anilines is 1. The van der Waals surface area contributed by atoms with Gasteiger partial charge in [-0.05, 0) is 24.3 Å². The van der Waals surface area contributed by atoms with E-state index in [0.717, 1.165) is 37.2 Å². The first-order valence-electron chi connectivity index (χ1n) is 6.28. The number of hydrogen-bond acceptors (Lipinski definition) is 3. The molecule has 2 fully saturated rings. The van der Waals surface area contributed by atoms with Crippen molar-refractivity contribution in [2.45, 2.75) is 6.04 Å². The van der Waals surface area contributed by atoms with Crippen LogP contribution < -0.4 is 10.2 Å².